The Labute approximate surface area is 123 Å². The van der Waals surface area contributed by atoms with Crippen molar-refractivity contribution in [3.63, 3.8) is 0 Å². The van der Waals surface area contributed by atoms with E-state index in [9.17, 15) is 5.11 Å². The van der Waals surface area contributed by atoms with E-state index >= 15 is 0 Å². The molecule has 0 radical (unpaired) electrons. The van der Waals surface area contributed by atoms with Gasteiger partial charge in [0, 0.05) is 10.6 Å². The second kappa shape index (κ2) is 6.42. The molecule has 1 atom stereocenters. The van der Waals surface area contributed by atoms with Gasteiger partial charge in [-0.3, -0.25) is 0 Å². The van der Waals surface area contributed by atoms with Gasteiger partial charge in [0.1, 0.15) is 12.4 Å². The molecule has 0 aliphatic rings. The summed E-state index contributed by atoms with van der Waals surface area (Å²) in [4.78, 5) is 0. The summed E-state index contributed by atoms with van der Waals surface area (Å²) in [7, 11) is 0. The van der Waals surface area contributed by atoms with Crippen molar-refractivity contribution < 1.29 is 9.84 Å². The van der Waals surface area contributed by atoms with Crippen molar-refractivity contribution in [3.05, 3.63) is 64.2 Å². The summed E-state index contributed by atoms with van der Waals surface area (Å²) in [5.41, 5.74) is 2.19. The summed E-state index contributed by atoms with van der Waals surface area (Å²) in [6, 6.07) is 14.4. The van der Waals surface area contributed by atoms with Crippen LogP contribution in [-0.2, 0) is 6.61 Å². The average molecular weight is 288 g/mol. The molecule has 2 rings (SSSR count). The molecule has 0 aliphatic heterocycles. The number of nitriles is 1. The van der Waals surface area contributed by atoms with Crippen LogP contribution in [0.5, 0.6) is 5.75 Å². The summed E-state index contributed by atoms with van der Waals surface area (Å²) >= 11 is 6.08. The molecule has 2 aromatic rings. The quantitative estimate of drug-likeness (QED) is 0.929. The maximum atomic E-state index is 9.42. The van der Waals surface area contributed by atoms with Crippen LogP contribution in [0.4, 0.5) is 0 Å². The van der Waals surface area contributed by atoms with Crippen LogP contribution in [0.1, 0.15) is 29.7 Å². The zero-order chi connectivity index (χ0) is 14.5. The van der Waals surface area contributed by atoms with Crippen LogP contribution in [0, 0.1) is 11.3 Å². The first-order chi connectivity index (χ1) is 9.60. The van der Waals surface area contributed by atoms with Gasteiger partial charge in [-0.1, -0.05) is 29.8 Å². The monoisotopic (exact) mass is 287 g/mol. The SMILES string of the molecule is C[C@@H](O)c1ccc(OCc2ccc(C#N)cc2Cl)cc1. The zero-order valence-electron chi connectivity index (χ0n) is 11.0. The van der Waals surface area contributed by atoms with Gasteiger partial charge in [0.25, 0.3) is 0 Å². The molecule has 0 aromatic heterocycles. The van der Waals surface area contributed by atoms with E-state index in [4.69, 9.17) is 21.6 Å². The summed E-state index contributed by atoms with van der Waals surface area (Å²) in [6.45, 7) is 2.05. The fraction of sp³-hybridized carbons (Fsp3) is 0.188. The molecule has 0 amide bonds. The van der Waals surface area contributed by atoms with Gasteiger partial charge in [-0.05, 0) is 36.8 Å². The predicted octanol–water partition coefficient (Wildman–Crippen LogP) is 3.84. The number of hydrogen-bond acceptors (Lipinski definition) is 3. The number of aliphatic hydroxyl groups excluding tert-OH is 1. The first kappa shape index (κ1) is 14.4. The molecule has 3 nitrogen and oxygen atoms in total. The van der Waals surface area contributed by atoms with Crippen molar-refractivity contribution in [2.45, 2.75) is 19.6 Å². The molecule has 1 N–H and O–H groups in total. The van der Waals surface area contributed by atoms with Crippen LogP contribution in [0.25, 0.3) is 0 Å². The Morgan fingerprint density at radius 2 is 1.95 bits per heavy atom. The second-order valence-corrected chi connectivity index (χ2v) is 4.86. The van der Waals surface area contributed by atoms with Gasteiger partial charge in [-0.15, -0.1) is 0 Å². The highest BCUT2D eigenvalue weighted by atomic mass is 35.5. The highest BCUT2D eigenvalue weighted by Gasteiger charge is 2.04. The fourth-order valence-corrected chi connectivity index (χ4v) is 1.97. The Morgan fingerprint density at radius 3 is 2.50 bits per heavy atom. The van der Waals surface area contributed by atoms with Gasteiger partial charge in [0.05, 0.1) is 17.7 Å². The Bertz CT molecular complexity index is 630. The van der Waals surface area contributed by atoms with E-state index in [2.05, 4.69) is 0 Å². The van der Waals surface area contributed by atoms with Gasteiger partial charge >= 0.3 is 0 Å². The number of benzene rings is 2. The van der Waals surface area contributed by atoms with Crippen LogP contribution < -0.4 is 4.74 Å². The van der Waals surface area contributed by atoms with Gasteiger partial charge in [-0.2, -0.15) is 5.26 Å². The minimum absolute atomic E-state index is 0.332. The molecule has 0 heterocycles. The molecule has 0 spiro atoms. The Balaban J connectivity index is 2.03. The first-order valence-corrected chi connectivity index (χ1v) is 6.57. The van der Waals surface area contributed by atoms with E-state index in [1.165, 1.54) is 0 Å². The van der Waals surface area contributed by atoms with Crippen LogP contribution in [0.15, 0.2) is 42.5 Å². The standard InChI is InChI=1S/C16H14ClNO2/c1-11(19)13-4-6-15(7-5-13)20-10-14-3-2-12(9-18)8-16(14)17/h2-8,11,19H,10H2,1H3/t11-/m1/s1. The molecule has 20 heavy (non-hydrogen) atoms. The van der Waals surface area contributed by atoms with E-state index in [0.29, 0.717) is 22.9 Å². The van der Waals surface area contributed by atoms with Crippen molar-refractivity contribution in [1.29, 1.82) is 5.26 Å². The smallest absolute Gasteiger partial charge is 0.119 e. The van der Waals surface area contributed by atoms with Crippen LogP contribution in [-0.4, -0.2) is 5.11 Å². The van der Waals surface area contributed by atoms with Crippen LogP contribution in [0.2, 0.25) is 5.02 Å². The maximum absolute atomic E-state index is 9.42. The zero-order valence-corrected chi connectivity index (χ0v) is 11.8. The van der Waals surface area contributed by atoms with Crippen molar-refractivity contribution in [2.24, 2.45) is 0 Å². The highest BCUT2D eigenvalue weighted by Crippen LogP contribution is 2.21. The normalized spacial score (nSPS) is 11.7. The number of ether oxygens (including phenoxy) is 1. The number of hydrogen-bond donors (Lipinski definition) is 1. The molecular formula is C16H14ClNO2. The lowest BCUT2D eigenvalue weighted by molar-refractivity contribution is 0.199. The summed E-state index contributed by atoms with van der Waals surface area (Å²) in [5.74, 6) is 0.704. The van der Waals surface area contributed by atoms with Crippen molar-refractivity contribution in [2.75, 3.05) is 0 Å². The third-order valence-corrected chi connectivity index (χ3v) is 3.29. The minimum Gasteiger partial charge on any atom is -0.489 e. The maximum Gasteiger partial charge on any atom is 0.119 e. The van der Waals surface area contributed by atoms with Crippen molar-refractivity contribution >= 4 is 11.6 Å². The second-order valence-electron chi connectivity index (χ2n) is 4.45. The molecule has 0 fully saturated rings. The van der Waals surface area contributed by atoms with Crippen molar-refractivity contribution in [1.82, 2.24) is 0 Å². The molecule has 0 bridgehead atoms. The molecule has 0 unspecified atom stereocenters. The molecular weight excluding hydrogens is 274 g/mol. The third kappa shape index (κ3) is 3.51. The van der Waals surface area contributed by atoms with Gasteiger partial charge in [0.15, 0.2) is 0 Å². The summed E-state index contributed by atoms with van der Waals surface area (Å²) in [5, 5.41) is 18.7. The number of rotatable bonds is 4. The lowest BCUT2D eigenvalue weighted by atomic mass is 10.1. The molecule has 0 saturated heterocycles. The van der Waals surface area contributed by atoms with E-state index in [1.807, 2.05) is 18.2 Å². The van der Waals surface area contributed by atoms with E-state index in [1.54, 1.807) is 37.3 Å². The van der Waals surface area contributed by atoms with E-state index < -0.39 is 6.10 Å². The average Bonchev–Trinajstić information content (AvgIpc) is 2.46. The minimum atomic E-state index is -0.489. The lowest BCUT2D eigenvalue weighted by Gasteiger charge is -2.09. The topological polar surface area (TPSA) is 53.2 Å². The Kier molecular flexibility index (Phi) is 4.62. The molecule has 2 aromatic carbocycles. The van der Waals surface area contributed by atoms with Gasteiger partial charge in [0.2, 0.25) is 0 Å². The lowest BCUT2D eigenvalue weighted by Crippen LogP contribution is -1.97. The van der Waals surface area contributed by atoms with Gasteiger partial charge in [-0.25, -0.2) is 0 Å². The number of aliphatic hydroxyl groups is 1. The largest absolute Gasteiger partial charge is 0.489 e. The molecule has 0 saturated carbocycles. The summed E-state index contributed by atoms with van der Waals surface area (Å²) in [6.07, 6.45) is -0.489. The number of halogens is 1. The van der Waals surface area contributed by atoms with Crippen LogP contribution in [0.3, 0.4) is 0 Å². The molecule has 0 aliphatic carbocycles. The predicted molar refractivity (Wildman–Crippen MR) is 77.6 cm³/mol. The van der Waals surface area contributed by atoms with E-state index in [0.717, 1.165) is 11.1 Å². The summed E-state index contributed by atoms with van der Waals surface area (Å²) < 4.78 is 5.63. The highest BCUT2D eigenvalue weighted by molar-refractivity contribution is 6.31. The third-order valence-electron chi connectivity index (χ3n) is 2.94. The van der Waals surface area contributed by atoms with Crippen LogP contribution >= 0.6 is 11.6 Å². The molecule has 102 valence electrons. The van der Waals surface area contributed by atoms with Gasteiger partial charge < -0.3 is 9.84 Å². The first-order valence-electron chi connectivity index (χ1n) is 6.19. The van der Waals surface area contributed by atoms with E-state index in [-0.39, 0.29) is 0 Å². The fourth-order valence-electron chi connectivity index (χ4n) is 1.74. The number of nitrogens with zero attached hydrogens (tertiary/aromatic N) is 1. The molecule has 4 heteroatoms. The van der Waals surface area contributed by atoms with Crippen molar-refractivity contribution in [3.8, 4) is 11.8 Å². The Morgan fingerprint density at radius 1 is 1.25 bits per heavy atom. The Hall–Kier alpha value is -2.02.